The van der Waals surface area contributed by atoms with E-state index in [1.54, 1.807) is 6.07 Å². The summed E-state index contributed by atoms with van der Waals surface area (Å²) in [5, 5.41) is 6.23. The molecule has 1 saturated carbocycles. The van der Waals surface area contributed by atoms with Crippen molar-refractivity contribution in [3.05, 3.63) is 75.8 Å². The Morgan fingerprint density at radius 2 is 1.74 bits per heavy atom. The maximum Gasteiger partial charge on any atom is 0.257 e. The molecule has 1 amide bonds. The van der Waals surface area contributed by atoms with Crippen LogP contribution in [-0.2, 0) is 0 Å². The zero-order valence-corrected chi connectivity index (χ0v) is 22.2. The van der Waals surface area contributed by atoms with Gasteiger partial charge in [0, 0.05) is 16.0 Å². The first-order valence-corrected chi connectivity index (χ1v) is 13.0. The average Bonchev–Trinajstić information content (AvgIpc) is 2.98. The number of carbonyl (C=O) groups excluding carboxylic acids is 2. The Bertz CT molecular complexity index is 1100. The summed E-state index contributed by atoms with van der Waals surface area (Å²) < 4.78 is 0.849. The molecular weight excluding hydrogens is 488 g/mol. The second-order valence-electron chi connectivity index (χ2n) is 9.19. The van der Waals surface area contributed by atoms with E-state index in [0.717, 1.165) is 48.0 Å². The topological polar surface area (TPSA) is 58.2 Å². The Hall–Kier alpha value is -2.66. The van der Waals surface area contributed by atoms with E-state index in [1.165, 1.54) is 5.57 Å². The molecule has 4 nitrogen and oxygen atoms in total. The van der Waals surface area contributed by atoms with Crippen LogP contribution < -0.4 is 10.6 Å². The van der Waals surface area contributed by atoms with Crippen LogP contribution in [0, 0.1) is 11.8 Å². The molecule has 2 N–H and O–H groups in total. The van der Waals surface area contributed by atoms with Crippen LogP contribution in [-0.4, -0.2) is 11.7 Å². The van der Waals surface area contributed by atoms with E-state index in [-0.39, 0.29) is 17.6 Å². The largest absolute Gasteiger partial charge is 0.353 e. The van der Waals surface area contributed by atoms with Crippen LogP contribution in [0.2, 0.25) is 0 Å². The summed E-state index contributed by atoms with van der Waals surface area (Å²) in [5.74, 6) is 0.835. The normalized spacial score (nSPS) is 19.7. The van der Waals surface area contributed by atoms with Gasteiger partial charge in [-0.2, -0.15) is 0 Å². The standard InChI is InChI=1S/C21H21BrN2O2.C8H14/c1-12-2-4-13(5-3-12)20(25)14-6-8-18-19(10-14)24-21(26)16-11-15(22)7-9-17(16)23-18;1-4-6-7-8(3)5-2/h6-13,23H,2-5H2,1H3,(H,24,26);5-7H,4H2,1-3H3/b;7-6-,8-5-. The van der Waals surface area contributed by atoms with Crippen molar-refractivity contribution in [1.82, 2.24) is 0 Å². The molecule has 34 heavy (non-hydrogen) atoms. The zero-order valence-electron chi connectivity index (χ0n) is 20.6. The fraction of sp³-hybridized carbons (Fsp3) is 0.379. The number of nitrogens with one attached hydrogen (secondary N) is 2. The van der Waals surface area contributed by atoms with Crippen molar-refractivity contribution in [2.24, 2.45) is 11.8 Å². The van der Waals surface area contributed by atoms with Gasteiger partial charge in [-0.1, -0.05) is 66.4 Å². The smallest absolute Gasteiger partial charge is 0.257 e. The number of benzene rings is 2. The first kappa shape index (κ1) is 26.0. The summed E-state index contributed by atoms with van der Waals surface area (Å²) in [6.07, 6.45) is 11.7. The van der Waals surface area contributed by atoms with Crippen LogP contribution in [0.3, 0.4) is 0 Å². The highest BCUT2D eigenvalue weighted by atomic mass is 79.9. The molecular formula is C29H35BrN2O2. The van der Waals surface area contributed by atoms with Crippen molar-refractivity contribution >= 4 is 44.7 Å². The van der Waals surface area contributed by atoms with Crippen molar-refractivity contribution in [1.29, 1.82) is 0 Å². The van der Waals surface area contributed by atoms with Crippen molar-refractivity contribution in [2.75, 3.05) is 10.6 Å². The van der Waals surface area contributed by atoms with Gasteiger partial charge in [0.05, 0.1) is 22.6 Å². The summed E-state index contributed by atoms with van der Waals surface area (Å²) in [5.41, 5.74) is 4.80. The number of rotatable bonds is 4. The van der Waals surface area contributed by atoms with Gasteiger partial charge < -0.3 is 10.6 Å². The molecule has 2 aromatic carbocycles. The molecule has 2 aromatic rings. The van der Waals surface area contributed by atoms with E-state index < -0.39 is 0 Å². The monoisotopic (exact) mass is 522 g/mol. The van der Waals surface area contributed by atoms with Crippen LogP contribution >= 0.6 is 15.9 Å². The quantitative estimate of drug-likeness (QED) is 0.311. The minimum atomic E-state index is -0.177. The lowest BCUT2D eigenvalue weighted by Gasteiger charge is -2.25. The summed E-state index contributed by atoms with van der Waals surface area (Å²) in [6.45, 7) is 8.54. The molecule has 1 heterocycles. The number of fused-ring (bicyclic) bond motifs is 2. The third-order valence-electron chi connectivity index (χ3n) is 6.51. The Morgan fingerprint density at radius 3 is 2.41 bits per heavy atom. The zero-order chi connectivity index (χ0) is 24.7. The number of hydrogen-bond donors (Lipinski definition) is 2. The predicted molar refractivity (Wildman–Crippen MR) is 146 cm³/mol. The number of ketones is 1. The molecule has 0 spiro atoms. The van der Waals surface area contributed by atoms with E-state index in [2.05, 4.69) is 72.5 Å². The van der Waals surface area contributed by atoms with E-state index in [9.17, 15) is 9.59 Å². The summed E-state index contributed by atoms with van der Waals surface area (Å²) in [7, 11) is 0. The van der Waals surface area contributed by atoms with Gasteiger partial charge >= 0.3 is 0 Å². The molecule has 0 radical (unpaired) electrons. The first-order valence-electron chi connectivity index (χ1n) is 12.2. The highest BCUT2D eigenvalue weighted by Crippen LogP contribution is 2.36. The predicted octanol–water partition coefficient (Wildman–Crippen LogP) is 8.69. The molecule has 2 aliphatic rings. The van der Waals surface area contributed by atoms with Gasteiger partial charge in [-0.25, -0.2) is 0 Å². The lowest BCUT2D eigenvalue weighted by atomic mass is 9.79. The lowest BCUT2D eigenvalue weighted by molar-refractivity contribution is 0.0875. The maximum absolute atomic E-state index is 12.9. The van der Waals surface area contributed by atoms with Gasteiger partial charge in [0.15, 0.2) is 5.78 Å². The Kier molecular flexibility index (Phi) is 9.28. The minimum absolute atomic E-state index is 0.104. The number of carbonyl (C=O) groups is 2. The molecule has 0 aromatic heterocycles. The maximum atomic E-state index is 12.9. The second-order valence-corrected chi connectivity index (χ2v) is 10.1. The molecule has 0 atom stereocenters. The van der Waals surface area contributed by atoms with Crippen molar-refractivity contribution in [3.63, 3.8) is 0 Å². The summed E-state index contributed by atoms with van der Waals surface area (Å²) in [6, 6.07) is 11.1. The number of halogens is 1. The Labute approximate surface area is 212 Å². The third kappa shape index (κ3) is 6.69. The van der Waals surface area contributed by atoms with Crippen molar-refractivity contribution in [3.8, 4) is 0 Å². The van der Waals surface area contributed by atoms with Gasteiger partial charge in [0.1, 0.15) is 0 Å². The molecule has 1 aliphatic carbocycles. The molecule has 180 valence electrons. The molecule has 0 unspecified atom stereocenters. The van der Waals surface area contributed by atoms with Crippen LogP contribution in [0.25, 0.3) is 0 Å². The van der Waals surface area contributed by atoms with Gasteiger partial charge in [-0.15, -0.1) is 0 Å². The number of anilines is 3. The molecule has 0 saturated heterocycles. The Morgan fingerprint density at radius 1 is 1.03 bits per heavy atom. The SMILES string of the molecule is C/C=C(C)\C=C/CC.CC1CCC(C(=O)c2ccc3c(c2)NC(=O)c2cc(Br)ccc2N3)CC1. The van der Waals surface area contributed by atoms with Crippen LogP contribution in [0.5, 0.6) is 0 Å². The fourth-order valence-electron chi connectivity index (χ4n) is 4.22. The fourth-order valence-corrected chi connectivity index (χ4v) is 4.58. The van der Waals surface area contributed by atoms with Crippen LogP contribution in [0.15, 0.2) is 64.7 Å². The van der Waals surface area contributed by atoms with Gasteiger partial charge in [0.25, 0.3) is 5.91 Å². The highest BCUT2D eigenvalue weighted by Gasteiger charge is 2.26. The van der Waals surface area contributed by atoms with Gasteiger partial charge in [-0.3, -0.25) is 9.59 Å². The first-order chi connectivity index (χ1) is 16.3. The van der Waals surface area contributed by atoms with Crippen LogP contribution in [0.1, 0.15) is 80.5 Å². The van der Waals surface area contributed by atoms with Crippen LogP contribution in [0.4, 0.5) is 17.1 Å². The van der Waals surface area contributed by atoms with Crippen molar-refractivity contribution < 1.29 is 9.59 Å². The number of allylic oxidation sites excluding steroid dienone is 4. The number of amides is 1. The van der Waals surface area contributed by atoms with E-state index >= 15 is 0 Å². The molecule has 5 heteroatoms. The molecule has 4 rings (SSSR count). The summed E-state index contributed by atoms with van der Waals surface area (Å²) >= 11 is 3.41. The van der Waals surface area contributed by atoms with Gasteiger partial charge in [0.2, 0.25) is 0 Å². The average molecular weight is 524 g/mol. The second kappa shape index (κ2) is 12.2. The van der Waals surface area contributed by atoms with Gasteiger partial charge in [-0.05, 0) is 75.4 Å². The number of hydrogen-bond acceptors (Lipinski definition) is 3. The van der Waals surface area contributed by atoms with Crippen molar-refractivity contribution in [2.45, 2.75) is 59.8 Å². The van der Waals surface area contributed by atoms with E-state index in [4.69, 9.17) is 0 Å². The van der Waals surface area contributed by atoms with E-state index in [0.29, 0.717) is 22.7 Å². The lowest BCUT2D eigenvalue weighted by Crippen LogP contribution is -2.21. The Balaban J connectivity index is 0.000000350. The molecule has 0 bridgehead atoms. The number of Topliss-reactive ketones (excluding diaryl/α,β-unsaturated/α-hetero) is 1. The minimum Gasteiger partial charge on any atom is -0.353 e. The van der Waals surface area contributed by atoms with E-state index in [1.807, 2.05) is 30.3 Å². The highest BCUT2D eigenvalue weighted by molar-refractivity contribution is 9.10. The molecule has 1 fully saturated rings. The molecule has 1 aliphatic heterocycles. The summed E-state index contributed by atoms with van der Waals surface area (Å²) in [4.78, 5) is 25.5. The third-order valence-corrected chi connectivity index (χ3v) is 7.00.